The minimum atomic E-state index is -0.159. The molecule has 0 saturated heterocycles. The first kappa shape index (κ1) is 19.2. The second-order valence-electron chi connectivity index (χ2n) is 6.20. The Balaban J connectivity index is 1.70. The summed E-state index contributed by atoms with van der Waals surface area (Å²) in [5.74, 6) is 0.999. The lowest BCUT2D eigenvalue weighted by molar-refractivity contribution is 0.508. The van der Waals surface area contributed by atoms with E-state index in [0.29, 0.717) is 39.4 Å². The zero-order valence-electron chi connectivity index (χ0n) is 15.3. The van der Waals surface area contributed by atoms with Crippen molar-refractivity contribution in [2.75, 3.05) is 0 Å². The van der Waals surface area contributed by atoms with Gasteiger partial charge in [0.1, 0.15) is 0 Å². The third-order valence-electron chi connectivity index (χ3n) is 4.13. The van der Waals surface area contributed by atoms with Crippen LogP contribution in [0.15, 0.2) is 50.1 Å². The highest BCUT2D eigenvalue weighted by atomic mass is 35.5. The van der Waals surface area contributed by atoms with Crippen LogP contribution in [0.25, 0.3) is 21.7 Å². The van der Waals surface area contributed by atoms with E-state index in [-0.39, 0.29) is 10.8 Å². The molecule has 0 aliphatic rings. The number of nitrogens with zero attached hydrogens (tertiary/aromatic N) is 4. The summed E-state index contributed by atoms with van der Waals surface area (Å²) in [4.78, 5) is 18.6. The van der Waals surface area contributed by atoms with Crippen LogP contribution < -0.4 is 5.56 Å². The fourth-order valence-corrected chi connectivity index (χ4v) is 4.57. The zero-order valence-corrected chi connectivity index (χ0v) is 17.6. The molecule has 1 aromatic carbocycles. The molecule has 3 aromatic heterocycles. The van der Waals surface area contributed by atoms with E-state index < -0.39 is 0 Å². The highest BCUT2D eigenvalue weighted by Gasteiger charge is 2.20. The highest BCUT2D eigenvalue weighted by molar-refractivity contribution is 7.99. The first-order valence-corrected chi connectivity index (χ1v) is 10.9. The fourth-order valence-electron chi connectivity index (χ4n) is 2.79. The largest absolute Gasteiger partial charge is 0.419 e. The summed E-state index contributed by atoms with van der Waals surface area (Å²) >= 11 is 9.06. The summed E-state index contributed by atoms with van der Waals surface area (Å²) in [6.07, 6.45) is 0.825. The Bertz CT molecular complexity index is 1170. The van der Waals surface area contributed by atoms with E-state index in [1.807, 2.05) is 31.4 Å². The molecular formula is C19H17ClN4O2S2. The molecule has 0 N–H and O–H groups in total. The average Bonchev–Trinajstić information content (AvgIpc) is 3.35. The Morgan fingerprint density at radius 1 is 1.32 bits per heavy atom. The van der Waals surface area contributed by atoms with Crippen LogP contribution in [0, 0.1) is 0 Å². The molecular weight excluding hydrogens is 416 g/mol. The quantitative estimate of drug-likeness (QED) is 0.299. The van der Waals surface area contributed by atoms with Crippen LogP contribution in [0.2, 0.25) is 5.02 Å². The standard InChI is InChI=1S/C19H17ClN4O2S2/c1-3-8-24-18(25)13-7-6-12(20)10-14(13)21-19(24)28-11(2)16-22-23-17(26-16)15-5-4-9-27-15/h4-7,9-11H,3,8H2,1-2H3. The predicted molar refractivity (Wildman–Crippen MR) is 113 cm³/mol. The molecule has 0 saturated carbocycles. The van der Waals surface area contributed by atoms with E-state index in [9.17, 15) is 4.79 Å². The Morgan fingerprint density at radius 3 is 2.93 bits per heavy atom. The molecule has 28 heavy (non-hydrogen) atoms. The predicted octanol–water partition coefficient (Wildman–Crippen LogP) is 5.42. The van der Waals surface area contributed by atoms with Crippen LogP contribution >= 0.6 is 34.7 Å². The SMILES string of the molecule is CCCn1c(SC(C)c2nnc(-c3cccs3)o2)nc2cc(Cl)ccc2c1=O. The Kier molecular flexibility index (Phi) is 5.52. The number of rotatable bonds is 6. The van der Waals surface area contributed by atoms with Crippen LogP contribution in [0.1, 0.15) is 31.4 Å². The van der Waals surface area contributed by atoms with Crippen molar-refractivity contribution in [3.8, 4) is 10.8 Å². The van der Waals surface area contributed by atoms with Crippen molar-refractivity contribution in [1.29, 1.82) is 0 Å². The van der Waals surface area contributed by atoms with Crippen molar-refractivity contribution in [2.45, 2.75) is 37.2 Å². The van der Waals surface area contributed by atoms with Crippen molar-refractivity contribution in [3.05, 3.63) is 57.0 Å². The fraction of sp³-hybridized carbons (Fsp3) is 0.263. The molecule has 0 aliphatic carbocycles. The summed E-state index contributed by atoms with van der Waals surface area (Å²) in [7, 11) is 0. The summed E-state index contributed by atoms with van der Waals surface area (Å²) in [5, 5.41) is 11.8. The first-order valence-electron chi connectivity index (χ1n) is 8.81. The van der Waals surface area contributed by atoms with E-state index in [1.165, 1.54) is 11.8 Å². The first-order chi connectivity index (χ1) is 13.6. The van der Waals surface area contributed by atoms with Crippen molar-refractivity contribution in [2.24, 2.45) is 0 Å². The van der Waals surface area contributed by atoms with Gasteiger partial charge in [-0.3, -0.25) is 9.36 Å². The lowest BCUT2D eigenvalue weighted by atomic mass is 10.2. The molecule has 0 radical (unpaired) electrons. The lowest BCUT2D eigenvalue weighted by Crippen LogP contribution is -2.23. The number of hydrogen-bond donors (Lipinski definition) is 0. The van der Waals surface area contributed by atoms with Gasteiger partial charge in [-0.25, -0.2) is 4.98 Å². The highest BCUT2D eigenvalue weighted by Crippen LogP contribution is 2.35. The number of halogens is 1. The van der Waals surface area contributed by atoms with Crippen molar-refractivity contribution in [3.63, 3.8) is 0 Å². The van der Waals surface area contributed by atoms with E-state index in [4.69, 9.17) is 21.0 Å². The van der Waals surface area contributed by atoms with E-state index >= 15 is 0 Å². The van der Waals surface area contributed by atoms with Crippen LogP contribution in [0.4, 0.5) is 0 Å². The maximum atomic E-state index is 12.9. The molecule has 1 atom stereocenters. The lowest BCUT2D eigenvalue weighted by Gasteiger charge is -2.14. The van der Waals surface area contributed by atoms with Crippen molar-refractivity contribution < 1.29 is 4.42 Å². The molecule has 9 heteroatoms. The Hall–Kier alpha value is -2.16. The van der Waals surface area contributed by atoms with Gasteiger partial charge in [0.2, 0.25) is 5.89 Å². The normalized spacial score (nSPS) is 12.5. The monoisotopic (exact) mass is 432 g/mol. The summed E-state index contributed by atoms with van der Waals surface area (Å²) in [6.45, 7) is 4.58. The molecule has 0 fully saturated rings. The number of aromatic nitrogens is 4. The van der Waals surface area contributed by atoms with Gasteiger partial charge < -0.3 is 4.42 Å². The number of thioether (sulfide) groups is 1. The third kappa shape index (κ3) is 3.72. The molecule has 0 bridgehead atoms. The summed E-state index contributed by atoms with van der Waals surface area (Å²) in [5.41, 5.74) is 0.521. The molecule has 0 amide bonds. The van der Waals surface area contributed by atoms with Gasteiger partial charge in [0.05, 0.1) is 21.0 Å². The van der Waals surface area contributed by atoms with Gasteiger partial charge >= 0.3 is 0 Å². The summed E-state index contributed by atoms with van der Waals surface area (Å²) in [6, 6.07) is 9.03. The van der Waals surface area contributed by atoms with Crippen LogP contribution in [0.3, 0.4) is 0 Å². The van der Waals surface area contributed by atoms with Crippen LogP contribution in [0.5, 0.6) is 0 Å². The molecule has 6 nitrogen and oxygen atoms in total. The van der Waals surface area contributed by atoms with Crippen molar-refractivity contribution >= 4 is 45.6 Å². The summed E-state index contributed by atoms with van der Waals surface area (Å²) < 4.78 is 7.53. The minimum absolute atomic E-state index is 0.0666. The van der Waals surface area contributed by atoms with Gasteiger partial charge in [-0.2, -0.15) is 0 Å². The number of hydrogen-bond acceptors (Lipinski definition) is 7. The number of benzene rings is 1. The second-order valence-corrected chi connectivity index (χ2v) is 8.89. The maximum absolute atomic E-state index is 12.9. The molecule has 4 rings (SSSR count). The topological polar surface area (TPSA) is 73.8 Å². The van der Waals surface area contributed by atoms with Gasteiger partial charge in [0, 0.05) is 11.6 Å². The van der Waals surface area contributed by atoms with E-state index in [1.54, 1.807) is 34.1 Å². The second kappa shape index (κ2) is 8.06. The van der Waals surface area contributed by atoms with Crippen molar-refractivity contribution in [1.82, 2.24) is 19.7 Å². The molecule has 144 valence electrons. The van der Waals surface area contributed by atoms with Crippen LogP contribution in [-0.2, 0) is 6.54 Å². The molecule has 1 unspecified atom stereocenters. The third-order valence-corrected chi connectivity index (χ3v) is 6.30. The average molecular weight is 433 g/mol. The Morgan fingerprint density at radius 2 is 2.18 bits per heavy atom. The number of thiophene rings is 1. The molecule has 0 spiro atoms. The number of fused-ring (bicyclic) bond motifs is 1. The van der Waals surface area contributed by atoms with Gasteiger partial charge in [-0.15, -0.1) is 21.5 Å². The van der Waals surface area contributed by atoms with Gasteiger partial charge in [0.15, 0.2) is 5.16 Å². The molecule has 3 heterocycles. The molecule has 0 aliphatic heterocycles. The maximum Gasteiger partial charge on any atom is 0.262 e. The van der Waals surface area contributed by atoms with E-state index in [0.717, 1.165) is 11.3 Å². The minimum Gasteiger partial charge on any atom is -0.419 e. The van der Waals surface area contributed by atoms with Crippen LogP contribution in [-0.4, -0.2) is 19.7 Å². The van der Waals surface area contributed by atoms with Gasteiger partial charge in [0.25, 0.3) is 11.4 Å². The van der Waals surface area contributed by atoms with Gasteiger partial charge in [-0.05, 0) is 43.0 Å². The smallest absolute Gasteiger partial charge is 0.262 e. The zero-order chi connectivity index (χ0) is 19.7. The van der Waals surface area contributed by atoms with E-state index in [2.05, 4.69) is 10.2 Å². The Labute approximate surface area is 174 Å². The molecule has 4 aromatic rings. The van der Waals surface area contributed by atoms with Gasteiger partial charge in [-0.1, -0.05) is 36.4 Å².